The molecule has 0 saturated heterocycles. The summed E-state index contributed by atoms with van der Waals surface area (Å²) in [5, 5.41) is 5.47. The summed E-state index contributed by atoms with van der Waals surface area (Å²) < 4.78 is 0. The van der Waals surface area contributed by atoms with Crippen molar-refractivity contribution in [1.82, 2.24) is 9.88 Å². The molecule has 0 fully saturated rings. The van der Waals surface area contributed by atoms with Crippen LogP contribution in [0.25, 0.3) is 10.9 Å². The highest BCUT2D eigenvalue weighted by Gasteiger charge is 2.15. The zero-order valence-electron chi connectivity index (χ0n) is 16.9. The van der Waals surface area contributed by atoms with Gasteiger partial charge in [-0.15, -0.1) is 0 Å². The number of hydrogen-bond acceptors (Lipinski definition) is 2. The molecule has 5 nitrogen and oxygen atoms in total. The molecule has 2 aromatic carbocycles. The second-order valence-corrected chi connectivity index (χ2v) is 8.36. The lowest BCUT2D eigenvalue weighted by molar-refractivity contribution is -0.857. The molecule has 1 aromatic heterocycles. The normalized spacial score (nSPS) is 11.1. The van der Waals surface area contributed by atoms with E-state index in [0.717, 1.165) is 35.2 Å². The molecule has 152 valence electrons. The molecule has 1 heterocycles. The molecule has 3 aromatic rings. The van der Waals surface area contributed by atoms with Crippen molar-refractivity contribution >= 4 is 45.5 Å². The van der Waals surface area contributed by atoms with Crippen molar-refractivity contribution in [3.05, 3.63) is 75.0 Å². The van der Waals surface area contributed by atoms with Crippen LogP contribution in [0.2, 0.25) is 5.02 Å². The Kier molecular flexibility index (Phi) is 6.90. The van der Waals surface area contributed by atoms with E-state index < -0.39 is 0 Å². The van der Waals surface area contributed by atoms with Gasteiger partial charge in [-0.25, -0.2) is 0 Å². The topological polar surface area (TPSA) is 52.6 Å². The highest BCUT2D eigenvalue weighted by molar-refractivity contribution is 7.80. The number of aromatic nitrogens is 1. The van der Waals surface area contributed by atoms with E-state index in [1.54, 1.807) is 0 Å². The number of fused-ring (bicyclic) bond motifs is 1. The van der Waals surface area contributed by atoms with Crippen LogP contribution in [0.1, 0.15) is 11.1 Å². The molecule has 29 heavy (non-hydrogen) atoms. The summed E-state index contributed by atoms with van der Waals surface area (Å²) >= 11 is 11.7. The summed E-state index contributed by atoms with van der Waals surface area (Å²) in [5.41, 5.74) is 3.42. The van der Waals surface area contributed by atoms with E-state index in [4.69, 9.17) is 23.8 Å². The number of nitrogens with one attached hydrogen (secondary N) is 3. The maximum Gasteiger partial charge on any atom is 0.253 e. The minimum absolute atomic E-state index is 0.0888. The third kappa shape index (κ3) is 5.79. The smallest absolute Gasteiger partial charge is 0.253 e. The maximum absolute atomic E-state index is 12.6. The van der Waals surface area contributed by atoms with Crippen LogP contribution in [-0.4, -0.2) is 42.2 Å². The van der Waals surface area contributed by atoms with Crippen LogP contribution >= 0.6 is 23.8 Å². The maximum atomic E-state index is 12.6. The molecule has 0 aliphatic rings. The number of H-pyrrole nitrogens is 1. The Morgan fingerprint density at radius 3 is 2.72 bits per heavy atom. The summed E-state index contributed by atoms with van der Waals surface area (Å²) in [6.07, 6.45) is 0. The van der Waals surface area contributed by atoms with Gasteiger partial charge in [0, 0.05) is 21.8 Å². The van der Waals surface area contributed by atoms with Crippen LogP contribution in [0.15, 0.2) is 53.3 Å². The van der Waals surface area contributed by atoms with Gasteiger partial charge in [-0.1, -0.05) is 29.3 Å². The van der Waals surface area contributed by atoms with E-state index in [9.17, 15) is 4.79 Å². The minimum Gasteiger partial charge on any atom is -0.339 e. The first-order valence-electron chi connectivity index (χ1n) is 9.55. The van der Waals surface area contributed by atoms with E-state index >= 15 is 0 Å². The molecule has 0 spiro atoms. The molecule has 7 heteroatoms. The van der Waals surface area contributed by atoms with Gasteiger partial charge in [0.1, 0.15) is 0 Å². The van der Waals surface area contributed by atoms with Crippen molar-refractivity contribution in [2.75, 3.05) is 32.5 Å². The van der Waals surface area contributed by atoms with Crippen molar-refractivity contribution < 1.29 is 4.90 Å². The first-order valence-corrected chi connectivity index (χ1v) is 10.3. The molecule has 0 unspecified atom stereocenters. The first kappa shape index (κ1) is 21.3. The number of anilines is 1. The highest BCUT2D eigenvalue weighted by atomic mass is 35.5. The van der Waals surface area contributed by atoms with E-state index in [1.165, 1.54) is 4.90 Å². The van der Waals surface area contributed by atoms with Gasteiger partial charge < -0.3 is 20.1 Å². The fourth-order valence-electron chi connectivity index (χ4n) is 3.07. The van der Waals surface area contributed by atoms with Gasteiger partial charge in [-0.05, 0) is 60.9 Å². The number of quaternary nitrogens is 1. The van der Waals surface area contributed by atoms with Gasteiger partial charge in [0.05, 0.1) is 33.7 Å². The Hall–Kier alpha value is -2.41. The Balaban J connectivity index is 1.86. The molecule has 0 aliphatic heterocycles. The van der Waals surface area contributed by atoms with Crippen LogP contribution in [0, 0.1) is 6.92 Å². The molecule has 0 radical (unpaired) electrons. The average Bonchev–Trinajstić information content (AvgIpc) is 2.65. The molecule has 3 rings (SSSR count). The van der Waals surface area contributed by atoms with Crippen molar-refractivity contribution in [2.24, 2.45) is 0 Å². The predicted molar refractivity (Wildman–Crippen MR) is 125 cm³/mol. The lowest BCUT2D eigenvalue weighted by Crippen LogP contribution is -3.06. The van der Waals surface area contributed by atoms with E-state index in [0.29, 0.717) is 22.2 Å². The highest BCUT2D eigenvalue weighted by Crippen LogP contribution is 2.17. The lowest BCUT2D eigenvalue weighted by atomic mass is 10.1. The SMILES string of the molecule is Cc1ccc2[nH]c(=O)c(CN(CC[NH+](C)C)C(=S)Nc3cccc(Cl)c3)cc2c1. The zero-order valence-corrected chi connectivity index (χ0v) is 18.5. The van der Waals surface area contributed by atoms with E-state index in [-0.39, 0.29) is 5.56 Å². The van der Waals surface area contributed by atoms with Crippen LogP contribution in [0.4, 0.5) is 5.69 Å². The van der Waals surface area contributed by atoms with Gasteiger partial charge in [-0.3, -0.25) is 4.79 Å². The van der Waals surface area contributed by atoms with Crippen molar-refractivity contribution in [3.8, 4) is 0 Å². The van der Waals surface area contributed by atoms with Crippen LogP contribution in [0.5, 0.6) is 0 Å². The Bertz CT molecular complexity index is 1080. The second-order valence-electron chi connectivity index (χ2n) is 7.53. The van der Waals surface area contributed by atoms with Crippen LogP contribution in [0.3, 0.4) is 0 Å². The van der Waals surface area contributed by atoms with Crippen molar-refractivity contribution in [2.45, 2.75) is 13.5 Å². The van der Waals surface area contributed by atoms with E-state index in [1.807, 2.05) is 54.3 Å². The first-order chi connectivity index (χ1) is 13.8. The van der Waals surface area contributed by atoms with Crippen molar-refractivity contribution in [1.29, 1.82) is 0 Å². The molecule has 0 amide bonds. The Morgan fingerprint density at radius 2 is 2.00 bits per heavy atom. The number of nitrogens with zero attached hydrogens (tertiary/aromatic N) is 1. The number of halogens is 1. The fraction of sp³-hybridized carbons (Fsp3) is 0.273. The predicted octanol–water partition coefficient (Wildman–Crippen LogP) is 2.83. The van der Waals surface area contributed by atoms with Crippen molar-refractivity contribution in [3.63, 3.8) is 0 Å². The molecule has 0 atom stereocenters. The summed E-state index contributed by atoms with van der Waals surface area (Å²) in [4.78, 5) is 19.0. The number of pyridine rings is 1. The summed E-state index contributed by atoms with van der Waals surface area (Å²) in [5.74, 6) is 0. The summed E-state index contributed by atoms with van der Waals surface area (Å²) in [6.45, 7) is 4.08. The van der Waals surface area contributed by atoms with Gasteiger partial charge in [0.2, 0.25) is 0 Å². The monoisotopic (exact) mass is 429 g/mol. The van der Waals surface area contributed by atoms with Gasteiger partial charge in [0.15, 0.2) is 5.11 Å². The lowest BCUT2D eigenvalue weighted by Gasteiger charge is -2.26. The quantitative estimate of drug-likeness (QED) is 0.527. The standard InChI is InChI=1S/C22H25ClN4OS/c1-15-7-8-20-16(11-15)12-17(21(28)25-20)14-27(10-9-26(2)3)22(29)24-19-6-4-5-18(23)13-19/h4-8,11-13H,9-10,14H2,1-3H3,(H,24,29)(H,25,28)/p+1. The molecule has 0 bridgehead atoms. The summed E-state index contributed by atoms with van der Waals surface area (Å²) in [6, 6.07) is 15.4. The fourth-order valence-corrected chi connectivity index (χ4v) is 3.54. The minimum atomic E-state index is -0.0888. The molecular formula is C22H26ClN4OS+. The summed E-state index contributed by atoms with van der Waals surface area (Å²) in [7, 11) is 4.19. The zero-order chi connectivity index (χ0) is 21.0. The number of hydrogen-bond donors (Lipinski definition) is 3. The third-order valence-corrected chi connectivity index (χ3v) is 5.28. The Labute approximate surface area is 181 Å². The van der Waals surface area contributed by atoms with Crippen LogP contribution in [-0.2, 0) is 6.54 Å². The number of benzene rings is 2. The molecule has 3 N–H and O–H groups in total. The average molecular weight is 430 g/mol. The molecular weight excluding hydrogens is 404 g/mol. The van der Waals surface area contributed by atoms with Crippen LogP contribution < -0.4 is 15.8 Å². The third-order valence-electron chi connectivity index (χ3n) is 4.68. The van der Waals surface area contributed by atoms with E-state index in [2.05, 4.69) is 30.5 Å². The number of rotatable bonds is 6. The Morgan fingerprint density at radius 1 is 1.21 bits per heavy atom. The largest absolute Gasteiger partial charge is 0.339 e. The van der Waals surface area contributed by atoms with Gasteiger partial charge in [-0.2, -0.15) is 0 Å². The number of thiocarbonyl (C=S) groups is 1. The number of aromatic amines is 1. The van der Waals surface area contributed by atoms with Gasteiger partial charge >= 0.3 is 0 Å². The molecule has 0 aliphatic carbocycles. The second kappa shape index (κ2) is 9.39. The van der Waals surface area contributed by atoms with Gasteiger partial charge in [0.25, 0.3) is 5.56 Å². The number of aryl methyl sites for hydroxylation is 1. The number of likely N-dealkylation sites (N-methyl/N-ethyl adjacent to an activating group) is 1. The molecule has 0 saturated carbocycles.